The first-order valence-electron chi connectivity index (χ1n) is 10.3. The second-order valence-corrected chi connectivity index (χ2v) is 5.63. The molecular formula is C20H18N2O. The third kappa shape index (κ3) is 2.12. The van der Waals surface area contributed by atoms with Gasteiger partial charge in [0.25, 0.3) is 0 Å². The molecule has 0 N–H and O–H groups in total. The van der Waals surface area contributed by atoms with Crippen LogP contribution in [0.5, 0.6) is 0 Å². The van der Waals surface area contributed by atoms with Crippen LogP contribution in [0.3, 0.4) is 0 Å². The monoisotopic (exact) mass is 308 g/mol. The summed E-state index contributed by atoms with van der Waals surface area (Å²) in [6.07, 6.45) is 0. The molecule has 114 valence electrons. The molecular weight excluding hydrogens is 284 g/mol. The molecule has 3 heteroatoms. The third-order valence-corrected chi connectivity index (χ3v) is 4.00. The molecule has 4 aromatic rings. The Hall–Kier alpha value is -2.68. The molecule has 23 heavy (non-hydrogen) atoms. The Kier molecular flexibility index (Phi) is 1.89. The van der Waals surface area contributed by atoms with Gasteiger partial charge in [-0.15, -0.1) is 0 Å². The second-order valence-electron chi connectivity index (χ2n) is 5.63. The lowest BCUT2D eigenvalue weighted by molar-refractivity contribution is 0.653. The Morgan fingerprint density at radius 2 is 1.78 bits per heavy atom. The molecule has 0 fully saturated rings. The van der Waals surface area contributed by atoms with Gasteiger partial charge in [-0.05, 0) is 62.9 Å². The van der Waals surface area contributed by atoms with Crippen molar-refractivity contribution < 1.29 is 12.6 Å². The fourth-order valence-electron chi connectivity index (χ4n) is 2.83. The van der Waals surface area contributed by atoms with Crippen LogP contribution in [0.4, 0.5) is 0 Å². The fourth-order valence-corrected chi connectivity index (χ4v) is 2.83. The highest BCUT2D eigenvalue weighted by atomic mass is 16.3. The minimum absolute atomic E-state index is 0.272. The number of fused-ring (bicyclic) bond motifs is 3. The highest BCUT2D eigenvalue weighted by Gasteiger charge is 2.16. The van der Waals surface area contributed by atoms with E-state index in [0.717, 1.165) is 22.0 Å². The van der Waals surface area contributed by atoms with Crippen LogP contribution < -0.4 is 0 Å². The average molecular weight is 308 g/mol. The predicted molar refractivity (Wildman–Crippen MR) is 93.7 cm³/mol. The molecule has 3 aromatic heterocycles. The number of aromatic nitrogens is 2. The Balaban J connectivity index is 2.03. The quantitative estimate of drug-likeness (QED) is 0.480. The average Bonchev–Trinajstić information content (AvgIpc) is 2.99. The minimum atomic E-state index is -2.66. The van der Waals surface area contributed by atoms with Gasteiger partial charge in [-0.2, -0.15) is 0 Å². The molecule has 0 saturated carbocycles. The van der Waals surface area contributed by atoms with Crippen LogP contribution in [0.15, 0.2) is 40.8 Å². The van der Waals surface area contributed by atoms with Crippen LogP contribution in [0.2, 0.25) is 0 Å². The minimum Gasteiger partial charge on any atom is -0.437 e. The van der Waals surface area contributed by atoms with Crippen molar-refractivity contribution in [3.8, 4) is 11.3 Å². The molecule has 0 amide bonds. The van der Waals surface area contributed by atoms with Crippen molar-refractivity contribution in [1.82, 2.24) is 9.97 Å². The van der Waals surface area contributed by atoms with Gasteiger partial charge in [0.05, 0.1) is 5.69 Å². The molecule has 0 spiro atoms. The van der Waals surface area contributed by atoms with Crippen molar-refractivity contribution in [1.29, 1.82) is 0 Å². The summed E-state index contributed by atoms with van der Waals surface area (Å²) in [6, 6.07) is 10.4. The van der Waals surface area contributed by atoms with Crippen molar-refractivity contribution in [2.75, 3.05) is 0 Å². The van der Waals surface area contributed by atoms with Gasteiger partial charge < -0.3 is 4.42 Å². The summed E-state index contributed by atoms with van der Waals surface area (Å²) in [7, 11) is 0. The zero-order valence-corrected chi connectivity index (χ0v) is 12.8. The van der Waals surface area contributed by atoms with E-state index in [1.807, 2.05) is 32.0 Å². The first-order chi connectivity index (χ1) is 13.5. The molecule has 3 heterocycles. The summed E-state index contributed by atoms with van der Waals surface area (Å²) < 4.78 is 52.2. The maximum Gasteiger partial charge on any atom is 0.227 e. The highest BCUT2D eigenvalue weighted by Crippen LogP contribution is 2.36. The van der Waals surface area contributed by atoms with Gasteiger partial charge in [-0.25, -0.2) is 4.98 Å². The molecule has 0 aliphatic rings. The maximum atomic E-state index is 7.75. The van der Waals surface area contributed by atoms with Gasteiger partial charge in [-0.1, -0.05) is 12.1 Å². The van der Waals surface area contributed by atoms with E-state index >= 15 is 0 Å². The highest BCUT2D eigenvalue weighted by molar-refractivity contribution is 6.10. The van der Waals surface area contributed by atoms with Crippen LogP contribution in [-0.2, 0) is 0 Å². The molecule has 3 nitrogen and oxygen atoms in total. The van der Waals surface area contributed by atoms with E-state index in [-0.39, 0.29) is 5.56 Å². The van der Waals surface area contributed by atoms with Gasteiger partial charge in [0.15, 0.2) is 0 Å². The van der Waals surface area contributed by atoms with Gasteiger partial charge in [0.2, 0.25) is 5.71 Å². The summed E-state index contributed by atoms with van der Waals surface area (Å²) in [6.45, 7) is -1.40. The lowest BCUT2D eigenvalue weighted by atomic mass is 10.0. The second kappa shape index (κ2) is 4.92. The summed E-state index contributed by atoms with van der Waals surface area (Å²) in [5, 5.41) is 1.74. The Morgan fingerprint density at radius 1 is 0.913 bits per heavy atom. The van der Waals surface area contributed by atoms with Crippen molar-refractivity contribution >= 4 is 22.1 Å². The van der Waals surface area contributed by atoms with Crippen molar-refractivity contribution in [2.45, 2.75) is 27.6 Å². The summed E-state index contributed by atoms with van der Waals surface area (Å²) in [5.74, 6) is 0. The van der Waals surface area contributed by atoms with Gasteiger partial charge in [-0.3, -0.25) is 4.98 Å². The summed E-state index contributed by atoms with van der Waals surface area (Å²) in [5.41, 5.74) is 3.08. The van der Waals surface area contributed by atoms with E-state index in [9.17, 15) is 0 Å². The van der Waals surface area contributed by atoms with Gasteiger partial charge in [0.1, 0.15) is 5.58 Å². The lowest BCUT2D eigenvalue weighted by Crippen LogP contribution is -1.91. The molecule has 0 saturated heterocycles. The van der Waals surface area contributed by atoms with Crippen LogP contribution in [-0.4, -0.2) is 9.97 Å². The van der Waals surface area contributed by atoms with Crippen LogP contribution in [0.1, 0.15) is 30.7 Å². The summed E-state index contributed by atoms with van der Waals surface area (Å²) in [4.78, 5) is 8.69. The number of nitrogens with zero attached hydrogens (tertiary/aromatic N) is 2. The third-order valence-electron chi connectivity index (χ3n) is 4.00. The molecule has 0 bridgehead atoms. The van der Waals surface area contributed by atoms with Gasteiger partial charge in [0, 0.05) is 35.9 Å². The number of aryl methyl sites for hydroxylation is 4. The predicted octanol–water partition coefficient (Wildman–Crippen LogP) is 5.28. The van der Waals surface area contributed by atoms with E-state index in [2.05, 4.69) is 9.97 Å². The number of pyridine rings is 2. The zero-order valence-electron chi connectivity index (χ0n) is 18.8. The van der Waals surface area contributed by atoms with Crippen molar-refractivity contribution in [3.05, 3.63) is 58.9 Å². The first kappa shape index (κ1) is 8.82. The normalized spacial score (nSPS) is 16.4. The first-order valence-corrected chi connectivity index (χ1v) is 7.28. The standard InChI is InChI=1S/C20H18N2O/c1-11-6-10-17(22-14(11)4)15-8-5-12(2)18-16-9-7-13(3)21-20(16)23-19(15)18/h5-10H,1-4H3/i1D3,4D3. The molecule has 4 rings (SSSR count). The molecule has 0 unspecified atom stereocenters. The molecule has 0 radical (unpaired) electrons. The Labute approximate surface area is 143 Å². The number of rotatable bonds is 1. The van der Waals surface area contributed by atoms with E-state index < -0.39 is 19.4 Å². The smallest absolute Gasteiger partial charge is 0.227 e. The zero-order chi connectivity index (χ0) is 21.1. The molecule has 0 atom stereocenters. The number of hydrogen-bond acceptors (Lipinski definition) is 3. The van der Waals surface area contributed by atoms with E-state index in [1.54, 1.807) is 6.07 Å². The largest absolute Gasteiger partial charge is 0.437 e. The van der Waals surface area contributed by atoms with Gasteiger partial charge >= 0.3 is 0 Å². The topological polar surface area (TPSA) is 38.9 Å². The fraction of sp³-hybridized carbons (Fsp3) is 0.200. The molecule has 0 aliphatic heterocycles. The van der Waals surface area contributed by atoms with Crippen LogP contribution in [0, 0.1) is 27.6 Å². The number of furan rings is 1. The molecule has 1 aromatic carbocycles. The van der Waals surface area contributed by atoms with E-state index in [4.69, 9.17) is 12.6 Å². The van der Waals surface area contributed by atoms with Crippen LogP contribution >= 0.6 is 0 Å². The maximum absolute atomic E-state index is 7.75. The Morgan fingerprint density at radius 3 is 2.61 bits per heavy atom. The SMILES string of the molecule is [2H]C([2H])([2H])c1ccc(-c2ccc(C)c3c2oc2nc(C)ccc23)nc1C([2H])([2H])[2H]. The van der Waals surface area contributed by atoms with E-state index in [0.29, 0.717) is 22.6 Å². The number of hydrogen-bond donors (Lipinski definition) is 0. The van der Waals surface area contributed by atoms with E-state index in [1.165, 1.54) is 12.1 Å². The van der Waals surface area contributed by atoms with Crippen molar-refractivity contribution in [3.63, 3.8) is 0 Å². The summed E-state index contributed by atoms with van der Waals surface area (Å²) >= 11 is 0. The van der Waals surface area contributed by atoms with Crippen molar-refractivity contribution in [2.24, 2.45) is 0 Å². The van der Waals surface area contributed by atoms with Crippen LogP contribution in [0.25, 0.3) is 33.3 Å². The Bertz CT molecular complexity index is 1250. The lowest BCUT2D eigenvalue weighted by Gasteiger charge is -2.06. The molecule has 0 aliphatic carbocycles. The number of benzene rings is 1.